The number of benzene rings is 9. The monoisotopic (exact) mass is 784 g/mol. The van der Waals surface area contributed by atoms with Gasteiger partial charge in [-0.3, -0.25) is 0 Å². The van der Waals surface area contributed by atoms with E-state index in [0.29, 0.717) is 0 Å². The molecule has 9 aromatic carbocycles. The van der Waals surface area contributed by atoms with Gasteiger partial charge in [0.2, 0.25) is 0 Å². The van der Waals surface area contributed by atoms with Crippen molar-refractivity contribution in [3.8, 4) is 23.0 Å². The summed E-state index contributed by atoms with van der Waals surface area (Å²) in [6.45, 7) is -0.168. The van der Waals surface area contributed by atoms with Gasteiger partial charge in [-0.25, -0.2) is 0 Å². The maximum absolute atomic E-state index is 6.77. The van der Waals surface area contributed by atoms with Crippen LogP contribution in [0.3, 0.4) is 0 Å². The highest BCUT2D eigenvalue weighted by Gasteiger charge is 2.41. The molecule has 0 N–H and O–H groups in total. The van der Waals surface area contributed by atoms with Crippen LogP contribution in [0.2, 0.25) is 0 Å². The number of anilines is 6. The second-order valence-electron chi connectivity index (χ2n) is 15.7. The van der Waals surface area contributed by atoms with Crippen LogP contribution in [0.4, 0.5) is 34.1 Å². The smallest absolute Gasteiger partial charge is 0.261 e. The fraction of sp³-hybridized carbons (Fsp3) is 0. The Labute approximate surface area is 351 Å². The lowest BCUT2D eigenvalue weighted by Gasteiger charge is -2.32. The molecule has 7 heteroatoms. The maximum Gasteiger partial charge on any atom is 0.261 e. The molecule has 6 nitrogen and oxygen atoms in total. The average molecular weight is 785 g/mol. The second kappa shape index (κ2) is 13.2. The summed E-state index contributed by atoms with van der Waals surface area (Å²) in [5.41, 5.74) is 12.5. The molecule has 2 aromatic heterocycles. The van der Waals surface area contributed by atoms with E-state index in [4.69, 9.17) is 18.3 Å². The fourth-order valence-corrected chi connectivity index (χ4v) is 9.42. The van der Waals surface area contributed by atoms with E-state index in [2.05, 4.69) is 168 Å². The summed E-state index contributed by atoms with van der Waals surface area (Å²) < 4.78 is 27.0. The largest absolute Gasteiger partial charge is 0.458 e. The molecule has 2 aliphatic rings. The standard InChI is InChI=1S/C54H33BN2O4/c1-5-14-34(15-6-1)56(35-16-7-2-8-17-35)38-24-26-40-42-30-52-44(32-50(42)60-48(40)28-38)55-45-33-51-43(31-53(45)59-47-23-13-22-46(58-52)54(47)55)41-27-25-39(29-49(41)61-51)57(36-18-9-3-10-19-36)37-20-11-4-12-21-37/h1-33H. The number of fused-ring (bicyclic) bond motifs is 10. The van der Waals surface area contributed by atoms with Crippen LogP contribution in [0.5, 0.6) is 23.0 Å². The third-order valence-electron chi connectivity index (χ3n) is 12.1. The first kappa shape index (κ1) is 33.8. The number of ether oxygens (including phenoxy) is 2. The first-order valence-electron chi connectivity index (χ1n) is 20.5. The Balaban J connectivity index is 0.942. The van der Waals surface area contributed by atoms with Gasteiger partial charge < -0.3 is 28.1 Å². The van der Waals surface area contributed by atoms with Gasteiger partial charge in [0.05, 0.1) is 0 Å². The van der Waals surface area contributed by atoms with Crippen LogP contribution in [0.15, 0.2) is 209 Å². The first-order valence-corrected chi connectivity index (χ1v) is 20.5. The number of nitrogens with zero attached hydrogens (tertiary/aromatic N) is 2. The summed E-state index contributed by atoms with van der Waals surface area (Å²) in [4.78, 5) is 4.50. The molecule has 0 amide bonds. The van der Waals surface area contributed by atoms with Crippen LogP contribution in [0.1, 0.15) is 0 Å². The molecular formula is C54H33BN2O4. The first-order chi connectivity index (χ1) is 30.2. The number of hydrogen-bond donors (Lipinski definition) is 0. The van der Waals surface area contributed by atoms with Crippen LogP contribution in [-0.2, 0) is 0 Å². The van der Waals surface area contributed by atoms with Crippen LogP contribution < -0.4 is 35.7 Å². The average Bonchev–Trinajstić information content (AvgIpc) is 3.85. The van der Waals surface area contributed by atoms with Crippen LogP contribution in [-0.4, -0.2) is 6.71 Å². The molecule has 0 spiro atoms. The predicted molar refractivity (Wildman–Crippen MR) is 248 cm³/mol. The molecule has 13 rings (SSSR count). The van der Waals surface area contributed by atoms with Crippen LogP contribution >= 0.6 is 0 Å². The van der Waals surface area contributed by atoms with Gasteiger partial charge in [-0.1, -0.05) is 78.9 Å². The summed E-state index contributed by atoms with van der Waals surface area (Å²) in [6.07, 6.45) is 0. The van der Waals surface area contributed by atoms with Crippen molar-refractivity contribution < 1.29 is 18.3 Å². The lowest BCUT2D eigenvalue weighted by Crippen LogP contribution is -2.57. The Kier molecular flexibility index (Phi) is 7.30. The minimum absolute atomic E-state index is 0.168. The zero-order valence-electron chi connectivity index (χ0n) is 32.7. The molecule has 0 saturated heterocycles. The molecule has 4 heterocycles. The minimum atomic E-state index is -0.168. The van der Waals surface area contributed by atoms with Crippen LogP contribution in [0, 0.1) is 0 Å². The van der Waals surface area contributed by atoms with Gasteiger partial charge in [-0.15, -0.1) is 0 Å². The summed E-state index contributed by atoms with van der Waals surface area (Å²) >= 11 is 0. The molecule has 2 aliphatic heterocycles. The van der Waals surface area contributed by atoms with Crippen molar-refractivity contribution in [2.24, 2.45) is 0 Å². The number of rotatable bonds is 6. The summed E-state index contributed by atoms with van der Waals surface area (Å²) in [7, 11) is 0. The van der Waals surface area contributed by atoms with Gasteiger partial charge in [0.25, 0.3) is 6.71 Å². The maximum atomic E-state index is 6.77. The van der Waals surface area contributed by atoms with Crippen molar-refractivity contribution in [1.29, 1.82) is 0 Å². The SMILES string of the molecule is c1ccc(N(c2ccccc2)c2ccc3c(c2)oc2cc4c(cc23)Oc2cccc3c2B4c2cc4oc5cc(N(c6ccccc6)c6ccccc6)ccc5c4cc2O3)cc1. The van der Waals surface area contributed by atoms with Crippen molar-refractivity contribution in [1.82, 2.24) is 0 Å². The highest BCUT2D eigenvalue weighted by molar-refractivity contribution is 6.98. The van der Waals surface area contributed by atoms with Crippen molar-refractivity contribution in [3.05, 3.63) is 200 Å². The zero-order chi connectivity index (χ0) is 40.0. The highest BCUT2D eigenvalue weighted by Crippen LogP contribution is 2.43. The molecule has 0 unspecified atom stereocenters. The van der Waals surface area contributed by atoms with Crippen molar-refractivity contribution in [2.75, 3.05) is 9.80 Å². The Morgan fingerprint density at radius 1 is 0.295 bits per heavy atom. The molecule has 286 valence electrons. The third-order valence-corrected chi connectivity index (χ3v) is 12.1. The molecule has 0 saturated carbocycles. The third kappa shape index (κ3) is 5.30. The van der Waals surface area contributed by atoms with E-state index in [1.807, 2.05) is 42.5 Å². The van der Waals surface area contributed by atoms with Crippen molar-refractivity contribution >= 4 is 101 Å². The molecule has 0 aliphatic carbocycles. The van der Waals surface area contributed by atoms with E-state index < -0.39 is 0 Å². The summed E-state index contributed by atoms with van der Waals surface area (Å²) in [5, 5.41) is 4.06. The van der Waals surface area contributed by atoms with Gasteiger partial charge in [0.15, 0.2) is 0 Å². The Hall–Kier alpha value is -8.16. The Morgan fingerprint density at radius 2 is 0.672 bits per heavy atom. The molecule has 0 fully saturated rings. The van der Waals surface area contributed by atoms with E-state index in [9.17, 15) is 0 Å². The van der Waals surface area contributed by atoms with E-state index in [1.165, 1.54) is 0 Å². The van der Waals surface area contributed by atoms with E-state index in [-0.39, 0.29) is 6.71 Å². The summed E-state index contributed by atoms with van der Waals surface area (Å²) in [5.74, 6) is 3.17. The lowest BCUT2D eigenvalue weighted by atomic mass is 9.35. The zero-order valence-corrected chi connectivity index (χ0v) is 32.7. The highest BCUT2D eigenvalue weighted by atomic mass is 16.5. The van der Waals surface area contributed by atoms with Crippen molar-refractivity contribution in [3.63, 3.8) is 0 Å². The Bertz CT molecular complexity index is 3190. The second-order valence-corrected chi connectivity index (χ2v) is 15.7. The van der Waals surface area contributed by atoms with Crippen LogP contribution in [0.25, 0.3) is 43.9 Å². The molecule has 11 aromatic rings. The predicted octanol–water partition coefficient (Wildman–Crippen LogP) is 13.2. The molecule has 61 heavy (non-hydrogen) atoms. The van der Waals surface area contributed by atoms with Gasteiger partial charge in [-0.05, 0) is 120 Å². The quantitative estimate of drug-likeness (QED) is 0.157. The van der Waals surface area contributed by atoms with E-state index in [1.54, 1.807) is 0 Å². The topological polar surface area (TPSA) is 51.2 Å². The minimum Gasteiger partial charge on any atom is -0.458 e. The number of hydrogen-bond acceptors (Lipinski definition) is 6. The number of para-hydroxylation sites is 4. The van der Waals surface area contributed by atoms with E-state index >= 15 is 0 Å². The van der Waals surface area contributed by atoms with Gasteiger partial charge >= 0.3 is 0 Å². The lowest BCUT2D eigenvalue weighted by molar-refractivity contribution is 0.465. The molecule has 0 radical (unpaired) electrons. The van der Waals surface area contributed by atoms with E-state index in [0.717, 1.165) is 117 Å². The Morgan fingerprint density at radius 3 is 1.07 bits per heavy atom. The van der Waals surface area contributed by atoms with Gasteiger partial charge in [-0.2, -0.15) is 0 Å². The molecule has 0 bridgehead atoms. The molecular weight excluding hydrogens is 751 g/mol. The normalized spacial score (nSPS) is 12.5. The van der Waals surface area contributed by atoms with Gasteiger partial charge in [0, 0.05) is 73.3 Å². The fourth-order valence-electron chi connectivity index (χ4n) is 9.42. The summed E-state index contributed by atoms with van der Waals surface area (Å²) in [6, 6.07) is 69.2. The molecule has 0 atom stereocenters. The number of furan rings is 2. The van der Waals surface area contributed by atoms with Crippen molar-refractivity contribution in [2.45, 2.75) is 0 Å². The van der Waals surface area contributed by atoms with Gasteiger partial charge in [0.1, 0.15) is 45.3 Å².